The highest BCUT2D eigenvalue weighted by atomic mass is 16.5. The maximum absolute atomic E-state index is 15.1. The summed E-state index contributed by atoms with van der Waals surface area (Å²) in [7, 11) is 0. The molecule has 2 aliphatic carbocycles. The summed E-state index contributed by atoms with van der Waals surface area (Å²) in [6, 6.07) is 23.8. The molecular weight excluding hydrogens is 574 g/mol. The largest absolute Gasteiger partial charge is 0.491 e. The Morgan fingerprint density at radius 3 is 2.33 bits per heavy atom. The first kappa shape index (κ1) is 28.9. The average Bonchev–Trinajstić information content (AvgIpc) is 3.42. The van der Waals surface area contributed by atoms with E-state index >= 15 is 4.79 Å². The lowest BCUT2D eigenvalue weighted by Gasteiger charge is -2.50. The van der Waals surface area contributed by atoms with Crippen molar-refractivity contribution in [1.29, 1.82) is 0 Å². The van der Waals surface area contributed by atoms with Crippen LogP contribution in [0.25, 0.3) is 0 Å². The van der Waals surface area contributed by atoms with Crippen LogP contribution in [-0.2, 0) is 24.6 Å². The van der Waals surface area contributed by atoms with Crippen LogP contribution in [0.1, 0.15) is 35.4 Å². The van der Waals surface area contributed by atoms with Gasteiger partial charge in [-0.25, -0.2) is 0 Å². The highest BCUT2D eigenvalue weighted by Crippen LogP contribution is 2.64. The van der Waals surface area contributed by atoms with Crippen molar-refractivity contribution in [1.82, 2.24) is 10.1 Å². The number of hydrazine groups is 1. The normalized spacial score (nSPS) is 28.9. The first-order chi connectivity index (χ1) is 21.8. The third-order valence-electron chi connectivity index (χ3n) is 9.95. The van der Waals surface area contributed by atoms with Crippen LogP contribution < -0.4 is 10.2 Å². The predicted molar refractivity (Wildman–Crippen MR) is 161 cm³/mol. The molecule has 4 aliphatic rings. The van der Waals surface area contributed by atoms with E-state index in [0.29, 0.717) is 22.6 Å². The van der Waals surface area contributed by atoms with Gasteiger partial charge in [0.25, 0.3) is 23.6 Å². The Hall–Kier alpha value is -4.80. The molecule has 0 spiro atoms. The molecule has 10 heteroatoms. The van der Waals surface area contributed by atoms with Crippen LogP contribution in [-0.4, -0.2) is 57.2 Å². The van der Waals surface area contributed by atoms with Crippen molar-refractivity contribution < 1.29 is 34.2 Å². The van der Waals surface area contributed by atoms with Gasteiger partial charge in [-0.15, -0.1) is 0 Å². The standard InChI is InChI=1S/C35H33N3O7/c1-20-11-13-22(14-12-20)36-37-32(41)27-19-26-23(15-16-25-29(26)33(42)38(44)31(25)40)30(24-9-5-6-10-28(24)45-18-17-39)35(27,34(37)43)21-7-3-2-4-8-21/h2-15,25-27,29-30,36,39,44H,16-19H2,1H3/t25-,26+,27-,29-,30+,35+/m0/s1. The van der Waals surface area contributed by atoms with E-state index in [4.69, 9.17) is 4.74 Å². The van der Waals surface area contributed by atoms with Crippen molar-refractivity contribution in [3.63, 3.8) is 0 Å². The van der Waals surface area contributed by atoms with Crippen LogP contribution in [0.3, 0.4) is 0 Å². The Labute approximate surface area is 259 Å². The number of ether oxygens (including phenoxy) is 1. The molecule has 0 bridgehead atoms. The minimum Gasteiger partial charge on any atom is -0.491 e. The second-order valence-electron chi connectivity index (χ2n) is 12.2. The Bertz CT molecular complexity index is 1720. The summed E-state index contributed by atoms with van der Waals surface area (Å²) in [5.41, 5.74) is 5.25. The monoisotopic (exact) mass is 607 g/mol. The van der Waals surface area contributed by atoms with E-state index in [2.05, 4.69) is 5.43 Å². The third-order valence-corrected chi connectivity index (χ3v) is 9.95. The number of imide groups is 2. The fraction of sp³-hybridized carbons (Fsp3) is 0.314. The summed E-state index contributed by atoms with van der Waals surface area (Å²) in [4.78, 5) is 55.9. The summed E-state index contributed by atoms with van der Waals surface area (Å²) in [6.07, 6.45) is 2.25. The van der Waals surface area contributed by atoms with Crippen LogP contribution in [0.15, 0.2) is 90.5 Å². The van der Waals surface area contributed by atoms with Crippen molar-refractivity contribution >= 4 is 29.3 Å². The number of aliphatic hydroxyl groups is 1. The Kier molecular flexibility index (Phi) is 7.06. The molecule has 2 saturated heterocycles. The van der Waals surface area contributed by atoms with Gasteiger partial charge in [0.1, 0.15) is 12.4 Å². The number of anilines is 1. The number of nitrogens with one attached hydrogen (secondary N) is 1. The molecular formula is C35H33N3O7. The number of rotatable bonds is 7. The zero-order valence-corrected chi connectivity index (χ0v) is 24.6. The molecule has 1 saturated carbocycles. The Balaban J connectivity index is 1.47. The molecule has 230 valence electrons. The number of hydrogen-bond donors (Lipinski definition) is 3. The number of para-hydroxylation sites is 1. The first-order valence-electron chi connectivity index (χ1n) is 15.2. The zero-order chi connectivity index (χ0) is 31.5. The van der Waals surface area contributed by atoms with E-state index in [1.54, 1.807) is 24.3 Å². The summed E-state index contributed by atoms with van der Waals surface area (Å²) in [5, 5.41) is 21.3. The first-order valence-corrected chi connectivity index (χ1v) is 15.2. The second-order valence-corrected chi connectivity index (χ2v) is 12.2. The lowest BCUT2D eigenvalue weighted by Crippen LogP contribution is -2.53. The van der Waals surface area contributed by atoms with Crippen molar-refractivity contribution in [3.05, 3.63) is 107 Å². The molecule has 3 aromatic carbocycles. The SMILES string of the molecule is Cc1ccc(NN2C(=O)[C@@H]3C[C@@H]4C(=CC[C@@H]5C(=O)N(O)C(=O)[C@@H]54)[C@H](c4ccccc4OCCO)[C@]3(c3ccccc3)C2=O)cc1. The molecule has 4 amide bonds. The number of nitrogens with zero attached hydrogens (tertiary/aromatic N) is 2. The minimum absolute atomic E-state index is 0.0130. The van der Waals surface area contributed by atoms with E-state index < -0.39 is 58.6 Å². The fourth-order valence-electron chi connectivity index (χ4n) is 8.08. The number of aliphatic hydroxyl groups excluding tert-OH is 1. The highest BCUT2D eigenvalue weighted by molar-refractivity contribution is 6.13. The number of fused-ring (bicyclic) bond motifs is 4. The van der Waals surface area contributed by atoms with Crippen molar-refractivity contribution in [3.8, 4) is 5.75 Å². The molecule has 3 N–H and O–H groups in total. The highest BCUT2D eigenvalue weighted by Gasteiger charge is 2.70. The molecule has 0 radical (unpaired) electrons. The van der Waals surface area contributed by atoms with Gasteiger partial charge in [-0.3, -0.25) is 29.8 Å². The second kappa shape index (κ2) is 11.0. The fourth-order valence-corrected chi connectivity index (χ4v) is 8.08. The van der Waals surface area contributed by atoms with E-state index in [1.807, 2.05) is 67.6 Å². The van der Waals surface area contributed by atoms with Gasteiger partial charge in [-0.05, 0) is 49.4 Å². The quantitative estimate of drug-likeness (QED) is 0.210. The van der Waals surface area contributed by atoms with Crippen LogP contribution in [0.5, 0.6) is 5.75 Å². The van der Waals surface area contributed by atoms with E-state index in [1.165, 1.54) is 0 Å². The van der Waals surface area contributed by atoms with Crippen LogP contribution in [0.4, 0.5) is 5.69 Å². The van der Waals surface area contributed by atoms with Crippen LogP contribution >= 0.6 is 0 Å². The predicted octanol–water partition coefficient (Wildman–Crippen LogP) is 3.74. The Morgan fingerprint density at radius 2 is 1.60 bits per heavy atom. The van der Waals surface area contributed by atoms with Crippen molar-refractivity contribution in [2.24, 2.45) is 23.7 Å². The topological polar surface area (TPSA) is 136 Å². The molecule has 3 aromatic rings. The third kappa shape index (κ3) is 4.23. The number of allylic oxidation sites excluding steroid dienone is 2. The van der Waals surface area contributed by atoms with Crippen molar-refractivity contribution in [2.75, 3.05) is 18.6 Å². The molecule has 0 unspecified atom stereocenters. The molecule has 10 nitrogen and oxygen atoms in total. The molecule has 2 heterocycles. The number of carbonyl (C=O) groups is 4. The van der Waals surface area contributed by atoms with Crippen LogP contribution in [0, 0.1) is 30.6 Å². The molecule has 6 atom stereocenters. The molecule has 45 heavy (non-hydrogen) atoms. The summed E-state index contributed by atoms with van der Waals surface area (Å²) < 4.78 is 6.01. The van der Waals surface area contributed by atoms with Gasteiger partial charge < -0.3 is 9.84 Å². The maximum Gasteiger partial charge on any atom is 0.260 e. The van der Waals surface area contributed by atoms with Gasteiger partial charge in [0.15, 0.2) is 0 Å². The molecule has 2 aliphatic heterocycles. The summed E-state index contributed by atoms with van der Waals surface area (Å²) >= 11 is 0. The average molecular weight is 608 g/mol. The molecule has 7 rings (SSSR count). The number of amides is 4. The lowest BCUT2D eigenvalue weighted by molar-refractivity contribution is -0.173. The van der Waals surface area contributed by atoms with Gasteiger partial charge in [-0.1, -0.05) is 77.9 Å². The van der Waals surface area contributed by atoms with Gasteiger partial charge in [0.2, 0.25) is 0 Å². The number of aryl methyl sites for hydroxylation is 1. The van der Waals surface area contributed by atoms with E-state index in [-0.39, 0.29) is 31.1 Å². The van der Waals surface area contributed by atoms with Crippen LogP contribution in [0.2, 0.25) is 0 Å². The number of hydroxylamine groups is 2. The minimum atomic E-state index is -1.44. The van der Waals surface area contributed by atoms with Crippen molar-refractivity contribution in [2.45, 2.75) is 31.1 Å². The lowest BCUT2D eigenvalue weighted by atomic mass is 9.49. The van der Waals surface area contributed by atoms with Gasteiger partial charge >= 0.3 is 0 Å². The Morgan fingerprint density at radius 1 is 0.889 bits per heavy atom. The molecule has 0 aromatic heterocycles. The van der Waals surface area contributed by atoms with E-state index in [9.17, 15) is 24.7 Å². The number of hydrogen-bond acceptors (Lipinski definition) is 8. The zero-order valence-electron chi connectivity index (χ0n) is 24.6. The summed E-state index contributed by atoms with van der Waals surface area (Å²) in [5.74, 6) is -5.69. The smallest absolute Gasteiger partial charge is 0.260 e. The number of carbonyl (C=O) groups excluding carboxylic acids is 4. The van der Waals surface area contributed by atoms with E-state index in [0.717, 1.165) is 16.1 Å². The van der Waals surface area contributed by atoms with Gasteiger partial charge in [0.05, 0.1) is 35.5 Å². The molecule has 3 fully saturated rings. The van der Waals surface area contributed by atoms with Gasteiger partial charge in [0, 0.05) is 11.5 Å². The van der Waals surface area contributed by atoms with Gasteiger partial charge in [-0.2, -0.15) is 10.1 Å². The summed E-state index contributed by atoms with van der Waals surface area (Å²) in [6.45, 7) is 1.73. The maximum atomic E-state index is 15.1. The number of benzene rings is 3.